The first-order chi connectivity index (χ1) is 8.09. The van der Waals surface area contributed by atoms with E-state index in [0.29, 0.717) is 24.0 Å². The largest absolute Gasteiger partial charge is 0.337 e. The van der Waals surface area contributed by atoms with Gasteiger partial charge in [0.25, 0.3) is 0 Å². The molecule has 0 aliphatic carbocycles. The molecule has 3 heteroatoms. The van der Waals surface area contributed by atoms with E-state index in [0.717, 1.165) is 19.4 Å². The van der Waals surface area contributed by atoms with E-state index in [-0.39, 0.29) is 5.92 Å². The van der Waals surface area contributed by atoms with Crippen LogP contribution in [0.2, 0.25) is 0 Å². The van der Waals surface area contributed by atoms with E-state index in [1.807, 2.05) is 0 Å². The smallest absolute Gasteiger partial charge is 0.227 e. The van der Waals surface area contributed by atoms with E-state index in [9.17, 15) is 4.79 Å². The molecule has 0 spiro atoms. The zero-order valence-corrected chi connectivity index (χ0v) is 11.4. The fourth-order valence-electron chi connectivity index (χ4n) is 3.28. The highest BCUT2D eigenvalue weighted by Gasteiger charge is 2.34. The molecular weight excluding hydrogens is 212 g/mol. The van der Waals surface area contributed by atoms with Crippen LogP contribution in [0.3, 0.4) is 0 Å². The minimum absolute atomic E-state index is 0.217. The summed E-state index contributed by atoms with van der Waals surface area (Å²) in [6, 6.07) is 1.45. The second-order valence-electron chi connectivity index (χ2n) is 5.96. The maximum atomic E-state index is 12.6. The van der Waals surface area contributed by atoms with E-state index in [1.165, 1.54) is 19.3 Å². The number of nitrogens with zero attached hydrogens (tertiary/aromatic N) is 1. The highest BCUT2D eigenvalue weighted by atomic mass is 16.2. The molecule has 1 N–H and O–H groups in total. The molecule has 2 fully saturated rings. The third kappa shape index (κ3) is 2.82. The SMILES string of the molecule is CC1CCC(C(=O)N2C(C)CCCC2C)CN1. The fourth-order valence-corrected chi connectivity index (χ4v) is 3.28. The Balaban J connectivity index is 1.98. The Hall–Kier alpha value is -0.570. The van der Waals surface area contributed by atoms with Crippen LogP contribution in [0.1, 0.15) is 52.9 Å². The summed E-state index contributed by atoms with van der Waals surface area (Å²) in [6.07, 6.45) is 5.81. The van der Waals surface area contributed by atoms with Crippen molar-refractivity contribution in [2.24, 2.45) is 5.92 Å². The Morgan fingerprint density at radius 2 is 1.71 bits per heavy atom. The molecule has 2 heterocycles. The highest BCUT2D eigenvalue weighted by molar-refractivity contribution is 5.80. The first-order valence-electron chi connectivity index (χ1n) is 7.15. The predicted molar refractivity (Wildman–Crippen MR) is 69.8 cm³/mol. The minimum atomic E-state index is 0.217. The summed E-state index contributed by atoms with van der Waals surface area (Å²) in [4.78, 5) is 14.7. The summed E-state index contributed by atoms with van der Waals surface area (Å²) in [7, 11) is 0. The van der Waals surface area contributed by atoms with Crippen LogP contribution in [-0.4, -0.2) is 35.5 Å². The summed E-state index contributed by atoms with van der Waals surface area (Å²) in [5.41, 5.74) is 0. The average Bonchev–Trinajstić information content (AvgIpc) is 2.29. The Morgan fingerprint density at radius 3 is 2.24 bits per heavy atom. The standard InChI is InChI=1S/C14H26N2O/c1-10-7-8-13(9-15-10)14(17)16-11(2)5-4-6-12(16)3/h10-13,15H,4-9H2,1-3H3. The van der Waals surface area contributed by atoms with Gasteiger partial charge < -0.3 is 10.2 Å². The van der Waals surface area contributed by atoms with Gasteiger partial charge in [-0.2, -0.15) is 0 Å². The molecule has 4 unspecified atom stereocenters. The quantitative estimate of drug-likeness (QED) is 0.759. The van der Waals surface area contributed by atoms with Crippen LogP contribution in [-0.2, 0) is 4.79 Å². The zero-order chi connectivity index (χ0) is 12.4. The van der Waals surface area contributed by atoms with Crippen LogP contribution in [0, 0.1) is 5.92 Å². The first-order valence-corrected chi connectivity index (χ1v) is 7.15. The summed E-state index contributed by atoms with van der Waals surface area (Å²) < 4.78 is 0. The molecule has 98 valence electrons. The highest BCUT2D eigenvalue weighted by Crippen LogP contribution is 2.26. The van der Waals surface area contributed by atoms with E-state index >= 15 is 0 Å². The third-order valence-electron chi connectivity index (χ3n) is 4.46. The second-order valence-corrected chi connectivity index (χ2v) is 5.96. The topological polar surface area (TPSA) is 32.3 Å². The summed E-state index contributed by atoms with van der Waals surface area (Å²) in [5.74, 6) is 0.610. The van der Waals surface area contributed by atoms with Crippen molar-refractivity contribution < 1.29 is 4.79 Å². The molecule has 2 aliphatic rings. The maximum absolute atomic E-state index is 12.6. The van der Waals surface area contributed by atoms with Crippen LogP contribution in [0.4, 0.5) is 0 Å². The number of hydrogen-bond acceptors (Lipinski definition) is 2. The summed E-state index contributed by atoms with van der Waals surface area (Å²) in [5, 5.41) is 3.43. The summed E-state index contributed by atoms with van der Waals surface area (Å²) in [6.45, 7) is 7.47. The molecule has 0 aromatic heterocycles. The third-order valence-corrected chi connectivity index (χ3v) is 4.46. The van der Waals surface area contributed by atoms with Gasteiger partial charge in [0.05, 0.1) is 5.92 Å². The van der Waals surface area contributed by atoms with Crippen molar-refractivity contribution in [3.05, 3.63) is 0 Å². The van der Waals surface area contributed by atoms with Crippen LogP contribution >= 0.6 is 0 Å². The molecule has 17 heavy (non-hydrogen) atoms. The van der Waals surface area contributed by atoms with Gasteiger partial charge in [0, 0.05) is 24.7 Å². The molecule has 2 rings (SSSR count). The Labute approximate surface area is 105 Å². The molecule has 4 atom stereocenters. The van der Waals surface area contributed by atoms with Crippen molar-refractivity contribution >= 4 is 5.91 Å². The molecule has 3 nitrogen and oxygen atoms in total. The van der Waals surface area contributed by atoms with Crippen molar-refractivity contribution in [1.82, 2.24) is 10.2 Å². The van der Waals surface area contributed by atoms with Gasteiger partial charge in [0.15, 0.2) is 0 Å². The monoisotopic (exact) mass is 238 g/mol. The van der Waals surface area contributed by atoms with Crippen molar-refractivity contribution in [2.75, 3.05) is 6.54 Å². The molecule has 0 aromatic carbocycles. The lowest BCUT2D eigenvalue weighted by atomic mass is 9.90. The van der Waals surface area contributed by atoms with Gasteiger partial charge in [0.1, 0.15) is 0 Å². The van der Waals surface area contributed by atoms with Gasteiger partial charge >= 0.3 is 0 Å². The van der Waals surface area contributed by atoms with E-state index in [4.69, 9.17) is 0 Å². The molecule has 0 aromatic rings. The average molecular weight is 238 g/mol. The lowest BCUT2D eigenvalue weighted by molar-refractivity contribution is -0.142. The molecule has 1 amide bonds. The van der Waals surface area contributed by atoms with Crippen LogP contribution in [0.15, 0.2) is 0 Å². The molecule has 2 saturated heterocycles. The minimum Gasteiger partial charge on any atom is -0.337 e. The zero-order valence-electron chi connectivity index (χ0n) is 11.4. The van der Waals surface area contributed by atoms with Crippen molar-refractivity contribution in [1.29, 1.82) is 0 Å². The number of carbonyl (C=O) groups is 1. The molecule has 0 radical (unpaired) electrons. The number of hydrogen-bond donors (Lipinski definition) is 1. The molecule has 0 bridgehead atoms. The lowest BCUT2D eigenvalue weighted by Gasteiger charge is -2.42. The van der Waals surface area contributed by atoms with Crippen LogP contribution < -0.4 is 5.32 Å². The number of rotatable bonds is 1. The normalized spacial score (nSPS) is 39.1. The van der Waals surface area contributed by atoms with Crippen LogP contribution in [0.5, 0.6) is 0 Å². The van der Waals surface area contributed by atoms with E-state index in [2.05, 4.69) is 31.0 Å². The summed E-state index contributed by atoms with van der Waals surface area (Å²) >= 11 is 0. The maximum Gasteiger partial charge on any atom is 0.227 e. The van der Waals surface area contributed by atoms with Gasteiger partial charge in [-0.15, -0.1) is 0 Å². The van der Waals surface area contributed by atoms with Gasteiger partial charge in [-0.05, 0) is 52.9 Å². The first kappa shape index (κ1) is 12.9. The Morgan fingerprint density at radius 1 is 1.06 bits per heavy atom. The lowest BCUT2D eigenvalue weighted by Crippen LogP contribution is -2.53. The van der Waals surface area contributed by atoms with Crippen molar-refractivity contribution in [3.63, 3.8) is 0 Å². The number of nitrogens with one attached hydrogen (secondary N) is 1. The number of amides is 1. The second kappa shape index (κ2) is 5.38. The van der Waals surface area contributed by atoms with Gasteiger partial charge in [-0.1, -0.05) is 0 Å². The van der Waals surface area contributed by atoms with Crippen molar-refractivity contribution in [3.8, 4) is 0 Å². The number of likely N-dealkylation sites (tertiary alicyclic amines) is 1. The Kier molecular flexibility index (Phi) is 4.08. The fraction of sp³-hybridized carbons (Fsp3) is 0.929. The van der Waals surface area contributed by atoms with Crippen LogP contribution in [0.25, 0.3) is 0 Å². The Bertz CT molecular complexity index is 261. The van der Waals surface area contributed by atoms with E-state index < -0.39 is 0 Å². The van der Waals surface area contributed by atoms with Gasteiger partial charge in [-0.25, -0.2) is 0 Å². The van der Waals surface area contributed by atoms with E-state index in [1.54, 1.807) is 0 Å². The van der Waals surface area contributed by atoms with Crippen molar-refractivity contribution in [2.45, 2.75) is 71.0 Å². The number of carbonyl (C=O) groups excluding carboxylic acids is 1. The molecule has 0 saturated carbocycles. The number of piperidine rings is 2. The molecule has 2 aliphatic heterocycles. The van der Waals surface area contributed by atoms with Gasteiger partial charge in [0.2, 0.25) is 5.91 Å². The van der Waals surface area contributed by atoms with Gasteiger partial charge in [-0.3, -0.25) is 4.79 Å². The predicted octanol–water partition coefficient (Wildman–Crippen LogP) is 2.16. The molecular formula is C14H26N2O.